The third kappa shape index (κ3) is 5.71. The van der Waals surface area contributed by atoms with Crippen molar-refractivity contribution in [1.82, 2.24) is 0 Å². The Balaban J connectivity index is 0.00000264. The first-order valence-corrected chi connectivity index (χ1v) is 9.91. The van der Waals surface area contributed by atoms with Gasteiger partial charge in [0.05, 0.1) is 9.79 Å². The summed E-state index contributed by atoms with van der Waals surface area (Å²) in [5.74, 6) is 0. The van der Waals surface area contributed by atoms with Gasteiger partial charge in [0.1, 0.15) is 20.2 Å². The molecule has 24 heavy (non-hydrogen) atoms. The van der Waals surface area contributed by atoms with Crippen molar-refractivity contribution in [3.05, 3.63) is 45.3 Å². The molecule has 0 N–H and O–H groups in total. The van der Waals surface area contributed by atoms with E-state index in [2.05, 4.69) is 31.9 Å². The Bertz CT molecular complexity index is 882. The van der Waals surface area contributed by atoms with Crippen molar-refractivity contribution in [1.29, 1.82) is 0 Å². The van der Waals surface area contributed by atoms with Crippen molar-refractivity contribution >= 4 is 52.1 Å². The number of rotatable bonds is 3. The van der Waals surface area contributed by atoms with Crippen LogP contribution in [0.4, 0.5) is 0 Å². The molecule has 118 valence electrons. The van der Waals surface area contributed by atoms with Gasteiger partial charge in [-0.15, -0.1) is 0 Å². The molecule has 0 heterocycles. The Hall–Kier alpha value is 0.415. The number of halogens is 2. The summed E-state index contributed by atoms with van der Waals surface area (Å²) in [4.78, 5) is -1.23. The number of hydrogen-bond donors (Lipinski definition) is 0. The smallest absolute Gasteiger partial charge is 0.744 e. The van der Waals surface area contributed by atoms with E-state index in [0.29, 0.717) is 8.95 Å². The topological polar surface area (TPSA) is 114 Å². The molecule has 2 aromatic rings. The van der Waals surface area contributed by atoms with E-state index >= 15 is 0 Å². The van der Waals surface area contributed by atoms with Gasteiger partial charge in [-0.25, -0.2) is 16.8 Å². The van der Waals surface area contributed by atoms with E-state index in [1.165, 1.54) is 24.3 Å². The van der Waals surface area contributed by atoms with Crippen molar-refractivity contribution in [3.8, 4) is 11.1 Å². The molecule has 0 amide bonds. The average Bonchev–Trinajstić information content (AvgIpc) is 2.37. The molecule has 0 saturated carbocycles. The van der Waals surface area contributed by atoms with Crippen LogP contribution in [0.15, 0.2) is 55.1 Å². The predicted molar refractivity (Wildman–Crippen MR) is 83.2 cm³/mol. The van der Waals surface area contributed by atoms with E-state index in [4.69, 9.17) is 0 Å². The van der Waals surface area contributed by atoms with Crippen LogP contribution in [0.5, 0.6) is 0 Å². The normalized spacial score (nSPS) is 11.3. The maximum atomic E-state index is 11.4. The first-order valence-electron chi connectivity index (χ1n) is 5.51. The van der Waals surface area contributed by atoms with Crippen LogP contribution in [0.3, 0.4) is 0 Å². The summed E-state index contributed by atoms with van der Waals surface area (Å²) in [5, 5.41) is 0. The van der Waals surface area contributed by atoms with Crippen molar-refractivity contribution in [2.45, 2.75) is 9.79 Å². The molecular weight excluding hydrogens is 478 g/mol. The van der Waals surface area contributed by atoms with Gasteiger partial charge in [0.15, 0.2) is 0 Å². The van der Waals surface area contributed by atoms with Crippen LogP contribution in [0.25, 0.3) is 11.1 Å². The summed E-state index contributed by atoms with van der Waals surface area (Å²) in [7, 11) is -9.73. The largest absolute Gasteiger partial charge is 1.00 e. The first-order chi connectivity index (χ1) is 10.00. The third-order valence-electron chi connectivity index (χ3n) is 2.72. The van der Waals surface area contributed by atoms with Crippen molar-refractivity contribution in [2.75, 3.05) is 0 Å². The second kappa shape index (κ2) is 8.87. The van der Waals surface area contributed by atoms with Crippen LogP contribution in [-0.2, 0) is 20.2 Å². The van der Waals surface area contributed by atoms with Crippen LogP contribution in [0, 0.1) is 0 Å². The summed E-state index contributed by atoms with van der Waals surface area (Å²) < 4.78 is 69.0. The fourth-order valence-corrected chi connectivity index (χ4v) is 4.31. The standard InChI is InChI=1S/C12H8Br2O6S2.2Li/c13-7-1-3-9(11(5-7)21(15,16)17)10-4-2-8(14)6-12(10)22(18,19)20;;/h1-6H,(H,15,16,17)(H,18,19,20);;/q;2*+1/p-2. The zero-order chi connectivity index (χ0) is 16.7. The Morgan fingerprint density at radius 2 is 0.958 bits per heavy atom. The number of hydrogen-bond acceptors (Lipinski definition) is 6. The molecule has 0 spiro atoms. The molecule has 6 nitrogen and oxygen atoms in total. The molecule has 2 aromatic carbocycles. The average molecular weight is 484 g/mol. The predicted octanol–water partition coefficient (Wildman–Crippen LogP) is -3.31. The van der Waals surface area contributed by atoms with Gasteiger partial charge in [-0.2, -0.15) is 0 Å². The number of benzene rings is 2. The van der Waals surface area contributed by atoms with E-state index in [-0.39, 0.29) is 48.8 Å². The van der Waals surface area contributed by atoms with Gasteiger partial charge in [-0.05, 0) is 24.3 Å². The van der Waals surface area contributed by atoms with Gasteiger partial charge < -0.3 is 9.11 Å². The van der Waals surface area contributed by atoms with E-state index < -0.39 is 30.0 Å². The zero-order valence-corrected chi connectivity index (χ0v) is 17.3. The molecule has 0 aliphatic rings. The summed E-state index contributed by atoms with van der Waals surface area (Å²) in [6.45, 7) is 0. The van der Waals surface area contributed by atoms with E-state index in [1.807, 2.05) is 0 Å². The third-order valence-corrected chi connectivity index (χ3v) is 5.46. The van der Waals surface area contributed by atoms with E-state index in [9.17, 15) is 25.9 Å². The molecule has 0 aliphatic carbocycles. The fourth-order valence-electron chi connectivity index (χ4n) is 1.85. The van der Waals surface area contributed by atoms with Gasteiger partial charge >= 0.3 is 37.7 Å². The Morgan fingerprint density at radius 3 is 1.21 bits per heavy atom. The maximum Gasteiger partial charge on any atom is 1.00 e. The Labute approximate surface area is 180 Å². The van der Waals surface area contributed by atoms with Gasteiger partial charge in [-0.3, -0.25) is 0 Å². The Kier molecular flexibility index (Phi) is 9.02. The SMILES string of the molecule is O=S(=O)([O-])c1cc(Br)ccc1-c1ccc(Br)cc1S(=O)(=O)[O-].[Li+].[Li+]. The molecule has 2 rings (SSSR count). The van der Waals surface area contributed by atoms with Gasteiger partial charge in [0.2, 0.25) is 0 Å². The molecule has 0 aromatic heterocycles. The molecule has 0 saturated heterocycles. The molecule has 12 heteroatoms. The van der Waals surface area contributed by atoms with Crippen LogP contribution >= 0.6 is 31.9 Å². The van der Waals surface area contributed by atoms with Gasteiger partial charge in [0.25, 0.3) is 0 Å². The summed E-state index contributed by atoms with van der Waals surface area (Å²) in [5.41, 5.74) is -0.305. The van der Waals surface area contributed by atoms with Gasteiger partial charge in [0, 0.05) is 20.1 Å². The zero-order valence-electron chi connectivity index (χ0n) is 12.5. The minimum absolute atomic E-state index is 0. The van der Waals surface area contributed by atoms with Crippen molar-refractivity contribution in [2.24, 2.45) is 0 Å². The monoisotopic (exact) mass is 482 g/mol. The van der Waals surface area contributed by atoms with Crippen LogP contribution < -0.4 is 37.7 Å². The van der Waals surface area contributed by atoms with Gasteiger partial charge in [-0.1, -0.05) is 44.0 Å². The van der Waals surface area contributed by atoms with Crippen LogP contribution in [-0.4, -0.2) is 25.9 Å². The summed E-state index contributed by atoms with van der Waals surface area (Å²) >= 11 is 6.08. The van der Waals surface area contributed by atoms with Crippen molar-refractivity contribution in [3.63, 3.8) is 0 Å². The molecule has 0 bridgehead atoms. The van der Waals surface area contributed by atoms with E-state index in [1.54, 1.807) is 0 Å². The fraction of sp³-hybridized carbons (Fsp3) is 0. The molecule has 0 fully saturated rings. The molecule has 0 unspecified atom stereocenters. The Morgan fingerprint density at radius 1 is 0.667 bits per heavy atom. The quantitative estimate of drug-likeness (QED) is 0.333. The first kappa shape index (κ1) is 24.4. The second-order valence-corrected chi connectivity index (χ2v) is 8.72. The summed E-state index contributed by atoms with van der Waals surface area (Å²) in [6.07, 6.45) is 0. The molecule has 0 atom stereocenters. The molecular formula is C12H6Br2Li2O6S2. The molecule has 0 radical (unpaired) electrons. The second-order valence-electron chi connectivity index (χ2n) is 4.19. The minimum Gasteiger partial charge on any atom is -0.744 e. The maximum absolute atomic E-state index is 11.4. The van der Waals surface area contributed by atoms with E-state index in [0.717, 1.165) is 12.1 Å². The van der Waals surface area contributed by atoms with Crippen LogP contribution in [0.2, 0.25) is 0 Å². The van der Waals surface area contributed by atoms with Crippen molar-refractivity contribution < 1.29 is 63.7 Å². The summed E-state index contributed by atoms with van der Waals surface area (Å²) in [6, 6.07) is 7.50. The minimum atomic E-state index is -4.87. The molecule has 0 aliphatic heterocycles. The van der Waals surface area contributed by atoms with Crippen LogP contribution in [0.1, 0.15) is 0 Å².